The number of esters is 1. The lowest BCUT2D eigenvalue weighted by Gasteiger charge is -2.25. The Balaban J connectivity index is 2.06. The molecule has 0 amide bonds. The van der Waals surface area contributed by atoms with Gasteiger partial charge in [-0.25, -0.2) is 0 Å². The van der Waals surface area contributed by atoms with E-state index in [1.807, 2.05) is 26.1 Å². The molecule has 0 bridgehead atoms. The number of hydrogen-bond donors (Lipinski definition) is 0. The molecule has 1 aromatic heterocycles. The van der Waals surface area contributed by atoms with Crippen LogP contribution in [0.4, 0.5) is 0 Å². The van der Waals surface area contributed by atoms with Gasteiger partial charge in [0.1, 0.15) is 5.75 Å². The van der Waals surface area contributed by atoms with E-state index in [4.69, 9.17) is 4.74 Å². The lowest BCUT2D eigenvalue weighted by Crippen LogP contribution is -2.30. The van der Waals surface area contributed by atoms with Crippen LogP contribution in [0.15, 0.2) is 30.5 Å². The third kappa shape index (κ3) is 5.40. The van der Waals surface area contributed by atoms with E-state index in [1.54, 1.807) is 0 Å². The van der Waals surface area contributed by atoms with Crippen molar-refractivity contribution in [2.24, 2.45) is 0 Å². The van der Waals surface area contributed by atoms with Crippen LogP contribution in [0.2, 0.25) is 0 Å². The van der Waals surface area contributed by atoms with Gasteiger partial charge in [-0.15, -0.1) is 0 Å². The summed E-state index contributed by atoms with van der Waals surface area (Å²) in [4.78, 5) is 18.0. The van der Waals surface area contributed by atoms with Gasteiger partial charge in [-0.3, -0.25) is 14.7 Å². The SMILES string of the molecule is CC(=O)Oc1c(C)cc(CN(C)[C@H](C)Cc2cc(C)ccn2)cc1C. The number of hydrogen-bond acceptors (Lipinski definition) is 4. The predicted octanol–water partition coefficient (Wildman–Crippen LogP) is 4.00. The summed E-state index contributed by atoms with van der Waals surface area (Å²) in [5.41, 5.74) is 5.57. The van der Waals surface area contributed by atoms with E-state index in [0.717, 1.165) is 29.8 Å². The monoisotopic (exact) mass is 340 g/mol. The maximum Gasteiger partial charge on any atom is 0.308 e. The highest BCUT2D eigenvalue weighted by Crippen LogP contribution is 2.26. The van der Waals surface area contributed by atoms with Gasteiger partial charge >= 0.3 is 5.97 Å². The van der Waals surface area contributed by atoms with E-state index in [2.05, 4.69) is 49.0 Å². The zero-order valence-electron chi connectivity index (χ0n) is 16.1. The van der Waals surface area contributed by atoms with Crippen LogP contribution >= 0.6 is 0 Å². The molecule has 0 N–H and O–H groups in total. The van der Waals surface area contributed by atoms with E-state index < -0.39 is 0 Å². The van der Waals surface area contributed by atoms with Gasteiger partial charge in [-0.2, -0.15) is 0 Å². The Morgan fingerprint density at radius 3 is 2.40 bits per heavy atom. The number of carbonyl (C=O) groups is 1. The lowest BCUT2D eigenvalue weighted by atomic mass is 10.0. The average Bonchev–Trinajstić information content (AvgIpc) is 2.50. The molecule has 134 valence electrons. The Kier molecular flexibility index (Phi) is 6.32. The van der Waals surface area contributed by atoms with E-state index in [-0.39, 0.29) is 5.97 Å². The molecule has 1 aromatic carbocycles. The zero-order chi connectivity index (χ0) is 18.6. The van der Waals surface area contributed by atoms with Gasteiger partial charge in [0.25, 0.3) is 0 Å². The Labute approximate surface area is 150 Å². The molecule has 1 atom stereocenters. The van der Waals surface area contributed by atoms with Crippen LogP contribution in [0.5, 0.6) is 5.75 Å². The molecule has 0 saturated carbocycles. The second-order valence-electron chi connectivity index (χ2n) is 6.95. The van der Waals surface area contributed by atoms with Crippen LogP contribution < -0.4 is 4.74 Å². The lowest BCUT2D eigenvalue weighted by molar-refractivity contribution is -0.131. The molecule has 0 spiro atoms. The van der Waals surface area contributed by atoms with Gasteiger partial charge in [0.05, 0.1) is 0 Å². The molecule has 0 aliphatic heterocycles. The highest BCUT2D eigenvalue weighted by atomic mass is 16.5. The highest BCUT2D eigenvalue weighted by Gasteiger charge is 2.14. The van der Waals surface area contributed by atoms with Crippen molar-refractivity contribution in [3.8, 4) is 5.75 Å². The van der Waals surface area contributed by atoms with Crippen molar-refractivity contribution in [3.05, 3.63) is 58.4 Å². The van der Waals surface area contributed by atoms with Crippen molar-refractivity contribution in [1.82, 2.24) is 9.88 Å². The molecule has 0 fully saturated rings. The Morgan fingerprint density at radius 2 is 1.84 bits per heavy atom. The number of pyridine rings is 1. The molecule has 0 saturated heterocycles. The first-order valence-electron chi connectivity index (χ1n) is 8.66. The number of rotatable bonds is 6. The fraction of sp³-hybridized carbons (Fsp3) is 0.429. The summed E-state index contributed by atoms with van der Waals surface area (Å²) >= 11 is 0. The molecular formula is C21H28N2O2. The van der Waals surface area contributed by atoms with Gasteiger partial charge in [0.2, 0.25) is 0 Å². The topological polar surface area (TPSA) is 42.4 Å². The third-order valence-electron chi connectivity index (χ3n) is 4.43. The van der Waals surface area contributed by atoms with Crippen LogP contribution in [-0.2, 0) is 17.8 Å². The molecule has 0 radical (unpaired) electrons. The normalized spacial score (nSPS) is 12.3. The average molecular weight is 340 g/mol. The Morgan fingerprint density at radius 1 is 1.20 bits per heavy atom. The number of benzene rings is 1. The maximum absolute atomic E-state index is 11.2. The summed E-state index contributed by atoms with van der Waals surface area (Å²) in [7, 11) is 2.13. The molecule has 0 aliphatic carbocycles. The smallest absolute Gasteiger partial charge is 0.308 e. The van der Waals surface area contributed by atoms with Crippen LogP contribution in [0.3, 0.4) is 0 Å². The minimum atomic E-state index is -0.282. The van der Waals surface area contributed by atoms with Crippen LogP contribution in [-0.4, -0.2) is 28.9 Å². The summed E-state index contributed by atoms with van der Waals surface area (Å²) in [5, 5.41) is 0. The van der Waals surface area contributed by atoms with Crippen molar-refractivity contribution in [2.75, 3.05) is 7.05 Å². The largest absolute Gasteiger partial charge is 0.426 e. The van der Waals surface area contributed by atoms with E-state index >= 15 is 0 Å². The molecular weight excluding hydrogens is 312 g/mol. The Bertz CT molecular complexity index is 732. The minimum absolute atomic E-state index is 0.282. The molecule has 2 aromatic rings. The molecule has 1 heterocycles. The van der Waals surface area contributed by atoms with Crippen molar-refractivity contribution in [1.29, 1.82) is 0 Å². The fourth-order valence-electron chi connectivity index (χ4n) is 3.05. The summed E-state index contributed by atoms with van der Waals surface area (Å²) in [6.07, 6.45) is 2.79. The van der Waals surface area contributed by atoms with Crippen molar-refractivity contribution < 1.29 is 9.53 Å². The van der Waals surface area contributed by atoms with Crippen LogP contribution in [0, 0.1) is 20.8 Å². The van der Waals surface area contributed by atoms with Crippen molar-refractivity contribution in [2.45, 2.75) is 53.6 Å². The number of ether oxygens (including phenoxy) is 1. The molecule has 25 heavy (non-hydrogen) atoms. The number of carbonyl (C=O) groups excluding carboxylic acids is 1. The first-order valence-corrected chi connectivity index (χ1v) is 8.66. The number of aromatic nitrogens is 1. The standard InChI is InChI=1S/C21H28N2O2/c1-14-7-8-22-20(9-14)12-17(4)23(6)13-19-10-15(2)21(16(3)11-19)25-18(5)24/h7-11,17H,12-13H2,1-6H3/t17-/m1/s1. The van der Waals surface area contributed by atoms with Crippen molar-refractivity contribution in [3.63, 3.8) is 0 Å². The van der Waals surface area contributed by atoms with Gasteiger partial charge in [0, 0.05) is 37.8 Å². The van der Waals surface area contributed by atoms with E-state index in [1.165, 1.54) is 18.1 Å². The molecule has 4 nitrogen and oxygen atoms in total. The fourth-order valence-corrected chi connectivity index (χ4v) is 3.05. The van der Waals surface area contributed by atoms with E-state index in [0.29, 0.717) is 11.8 Å². The van der Waals surface area contributed by atoms with Crippen LogP contribution in [0.1, 0.15) is 41.8 Å². The number of likely N-dealkylation sites (N-methyl/N-ethyl adjacent to an activating group) is 1. The summed E-state index contributed by atoms with van der Waals surface area (Å²) < 4.78 is 5.31. The second-order valence-corrected chi connectivity index (χ2v) is 6.95. The maximum atomic E-state index is 11.2. The summed E-state index contributed by atoms with van der Waals surface area (Å²) in [5.74, 6) is 0.395. The summed E-state index contributed by atoms with van der Waals surface area (Å²) in [6, 6.07) is 8.74. The number of nitrogens with zero attached hydrogens (tertiary/aromatic N) is 2. The van der Waals surface area contributed by atoms with E-state index in [9.17, 15) is 4.79 Å². The molecule has 0 unspecified atom stereocenters. The second kappa shape index (κ2) is 8.26. The highest BCUT2D eigenvalue weighted by molar-refractivity contribution is 5.70. The zero-order valence-corrected chi connectivity index (χ0v) is 16.1. The summed E-state index contributed by atoms with van der Waals surface area (Å²) in [6.45, 7) is 10.5. The van der Waals surface area contributed by atoms with Gasteiger partial charge in [-0.1, -0.05) is 12.1 Å². The first kappa shape index (κ1) is 19.1. The molecule has 4 heteroatoms. The molecule has 2 rings (SSSR count). The minimum Gasteiger partial charge on any atom is -0.426 e. The van der Waals surface area contributed by atoms with Crippen molar-refractivity contribution >= 4 is 5.97 Å². The predicted molar refractivity (Wildman–Crippen MR) is 101 cm³/mol. The van der Waals surface area contributed by atoms with Gasteiger partial charge in [-0.05, 0) is 69.1 Å². The first-order chi connectivity index (χ1) is 11.8. The van der Waals surface area contributed by atoms with Crippen LogP contribution in [0.25, 0.3) is 0 Å². The Hall–Kier alpha value is -2.20. The number of aryl methyl sites for hydroxylation is 3. The quantitative estimate of drug-likeness (QED) is 0.589. The third-order valence-corrected chi connectivity index (χ3v) is 4.43. The van der Waals surface area contributed by atoms with Gasteiger partial charge < -0.3 is 4.74 Å². The molecule has 0 aliphatic rings. The van der Waals surface area contributed by atoms with Gasteiger partial charge in [0.15, 0.2) is 0 Å².